The van der Waals surface area contributed by atoms with Gasteiger partial charge in [0.05, 0.1) is 19.0 Å². The number of aromatic nitrogens is 1. The van der Waals surface area contributed by atoms with Crippen molar-refractivity contribution in [1.82, 2.24) is 4.98 Å². The SMILES string of the molecule is COc1cccc(/C=N/Nc2nc(-c3ccccc3)c(C)s2)c1. The average Bonchev–Trinajstić information content (AvgIpc) is 2.96. The van der Waals surface area contributed by atoms with Crippen LogP contribution in [-0.2, 0) is 0 Å². The normalized spacial score (nSPS) is 10.9. The van der Waals surface area contributed by atoms with Crippen LogP contribution in [0, 0.1) is 6.92 Å². The van der Waals surface area contributed by atoms with Crippen LogP contribution in [0.5, 0.6) is 5.75 Å². The smallest absolute Gasteiger partial charge is 0.204 e. The highest BCUT2D eigenvalue weighted by Gasteiger charge is 2.08. The van der Waals surface area contributed by atoms with E-state index in [9.17, 15) is 0 Å². The molecule has 0 saturated carbocycles. The quantitative estimate of drug-likeness (QED) is 0.552. The Morgan fingerprint density at radius 2 is 1.96 bits per heavy atom. The van der Waals surface area contributed by atoms with Crippen molar-refractivity contribution in [1.29, 1.82) is 0 Å². The van der Waals surface area contributed by atoms with Crippen LogP contribution in [0.3, 0.4) is 0 Å². The fourth-order valence-electron chi connectivity index (χ4n) is 2.19. The predicted molar refractivity (Wildman–Crippen MR) is 96.5 cm³/mol. The monoisotopic (exact) mass is 323 g/mol. The van der Waals surface area contributed by atoms with Gasteiger partial charge in [0.1, 0.15) is 5.75 Å². The summed E-state index contributed by atoms with van der Waals surface area (Å²) in [6.45, 7) is 2.07. The molecular weight excluding hydrogens is 306 g/mol. The number of hydrogen-bond donors (Lipinski definition) is 1. The number of aryl methyl sites for hydroxylation is 1. The van der Waals surface area contributed by atoms with E-state index in [0.717, 1.165) is 32.6 Å². The molecule has 3 rings (SSSR count). The topological polar surface area (TPSA) is 46.5 Å². The van der Waals surface area contributed by atoms with E-state index in [-0.39, 0.29) is 0 Å². The Labute approximate surface area is 139 Å². The third-order valence-corrected chi connectivity index (χ3v) is 4.19. The summed E-state index contributed by atoms with van der Waals surface area (Å²) in [5.74, 6) is 0.811. The Morgan fingerprint density at radius 3 is 2.74 bits per heavy atom. The van der Waals surface area contributed by atoms with Crippen LogP contribution in [0.25, 0.3) is 11.3 Å². The molecule has 1 aromatic heterocycles. The lowest BCUT2D eigenvalue weighted by atomic mass is 10.1. The van der Waals surface area contributed by atoms with E-state index in [1.165, 1.54) is 0 Å². The summed E-state index contributed by atoms with van der Waals surface area (Å²) in [6.07, 6.45) is 1.75. The van der Waals surface area contributed by atoms with E-state index < -0.39 is 0 Å². The van der Waals surface area contributed by atoms with Crippen molar-refractivity contribution in [3.63, 3.8) is 0 Å². The molecule has 0 spiro atoms. The van der Waals surface area contributed by atoms with Gasteiger partial charge in [-0.2, -0.15) is 5.10 Å². The van der Waals surface area contributed by atoms with Crippen LogP contribution >= 0.6 is 11.3 Å². The molecule has 1 N–H and O–H groups in total. The van der Waals surface area contributed by atoms with Crippen molar-refractivity contribution in [2.45, 2.75) is 6.92 Å². The van der Waals surface area contributed by atoms with Gasteiger partial charge in [-0.1, -0.05) is 42.5 Å². The summed E-state index contributed by atoms with van der Waals surface area (Å²) in [5.41, 5.74) is 6.08. The minimum Gasteiger partial charge on any atom is -0.497 e. The number of nitrogens with zero attached hydrogens (tertiary/aromatic N) is 2. The number of rotatable bonds is 5. The van der Waals surface area contributed by atoms with Gasteiger partial charge in [-0.25, -0.2) is 4.98 Å². The highest BCUT2D eigenvalue weighted by molar-refractivity contribution is 7.15. The molecule has 4 nitrogen and oxygen atoms in total. The Bertz CT molecular complexity index is 812. The number of nitrogens with one attached hydrogen (secondary N) is 1. The molecule has 116 valence electrons. The zero-order chi connectivity index (χ0) is 16.1. The predicted octanol–water partition coefficient (Wildman–Crippen LogP) is 4.57. The minimum absolute atomic E-state index is 0.778. The summed E-state index contributed by atoms with van der Waals surface area (Å²) >= 11 is 1.59. The fourth-order valence-corrected chi connectivity index (χ4v) is 2.98. The average molecular weight is 323 g/mol. The molecule has 3 aromatic rings. The second kappa shape index (κ2) is 7.07. The van der Waals surface area contributed by atoms with Crippen LogP contribution in [-0.4, -0.2) is 18.3 Å². The molecule has 0 aliphatic heterocycles. The number of ether oxygens (including phenoxy) is 1. The lowest BCUT2D eigenvalue weighted by molar-refractivity contribution is 0.415. The van der Waals surface area contributed by atoms with Crippen molar-refractivity contribution in [2.24, 2.45) is 5.10 Å². The second-order valence-electron chi connectivity index (χ2n) is 4.94. The lowest BCUT2D eigenvalue weighted by Gasteiger charge is -1.99. The standard InChI is InChI=1S/C18H17N3OS/c1-13-17(15-8-4-3-5-9-15)20-18(23-13)21-19-12-14-7-6-10-16(11-14)22-2/h3-12H,1-2H3,(H,20,21)/b19-12+. The Balaban J connectivity index is 1.73. The molecule has 0 aliphatic carbocycles. The third kappa shape index (κ3) is 3.76. The first-order chi connectivity index (χ1) is 11.3. The van der Waals surface area contributed by atoms with Gasteiger partial charge in [-0.3, -0.25) is 5.43 Å². The number of hydrogen-bond acceptors (Lipinski definition) is 5. The van der Waals surface area contributed by atoms with Crippen molar-refractivity contribution in [3.05, 3.63) is 65.0 Å². The van der Waals surface area contributed by atoms with Gasteiger partial charge in [0.2, 0.25) is 5.13 Å². The summed E-state index contributed by atoms with van der Waals surface area (Å²) in [6, 6.07) is 17.9. The van der Waals surface area contributed by atoms with Gasteiger partial charge in [0.25, 0.3) is 0 Å². The first-order valence-electron chi connectivity index (χ1n) is 7.22. The molecule has 1 heterocycles. The van der Waals surface area contributed by atoms with Crippen LogP contribution in [0.1, 0.15) is 10.4 Å². The van der Waals surface area contributed by atoms with Crippen molar-refractivity contribution in [3.8, 4) is 17.0 Å². The maximum Gasteiger partial charge on any atom is 0.204 e. The number of thiazole rings is 1. The van der Waals surface area contributed by atoms with Crippen LogP contribution < -0.4 is 10.2 Å². The van der Waals surface area contributed by atoms with Gasteiger partial charge in [-0.05, 0) is 24.6 Å². The van der Waals surface area contributed by atoms with Gasteiger partial charge < -0.3 is 4.74 Å². The van der Waals surface area contributed by atoms with Crippen LogP contribution in [0.2, 0.25) is 0 Å². The van der Waals surface area contributed by atoms with Crippen LogP contribution in [0.4, 0.5) is 5.13 Å². The van der Waals surface area contributed by atoms with E-state index in [0.29, 0.717) is 0 Å². The maximum absolute atomic E-state index is 5.20. The van der Waals surface area contributed by atoms with E-state index in [1.807, 2.05) is 42.5 Å². The molecule has 0 aliphatic rings. The fraction of sp³-hybridized carbons (Fsp3) is 0.111. The highest BCUT2D eigenvalue weighted by atomic mass is 32.1. The molecule has 23 heavy (non-hydrogen) atoms. The second-order valence-corrected chi connectivity index (χ2v) is 6.14. The third-order valence-electron chi connectivity index (χ3n) is 3.31. The summed E-state index contributed by atoms with van der Waals surface area (Å²) < 4.78 is 5.20. The molecule has 5 heteroatoms. The molecule has 0 amide bonds. The Morgan fingerprint density at radius 1 is 1.13 bits per heavy atom. The number of benzene rings is 2. The molecule has 2 aromatic carbocycles. The summed E-state index contributed by atoms with van der Waals surface area (Å²) in [7, 11) is 1.65. The minimum atomic E-state index is 0.778. The van der Waals surface area contributed by atoms with E-state index >= 15 is 0 Å². The maximum atomic E-state index is 5.20. The Kier molecular flexibility index (Phi) is 4.68. The van der Waals surface area contributed by atoms with Crippen molar-refractivity contribution in [2.75, 3.05) is 12.5 Å². The summed E-state index contributed by atoms with van der Waals surface area (Å²) in [5, 5.41) is 5.03. The van der Waals surface area contributed by atoms with E-state index in [1.54, 1.807) is 24.7 Å². The zero-order valence-corrected chi connectivity index (χ0v) is 13.8. The van der Waals surface area contributed by atoms with Gasteiger partial charge in [0.15, 0.2) is 0 Å². The molecular formula is C18H17N3OS. The summed E-state index contributed by atoms with van der Waals surface area (Å²) in [4.78, 5) is 5.78. The number of anilines is 1. The molecule has 0 fully saturated rings. The van der Waals surface area contributed by atoms with Gasteiger partial charge in [0, 0.05) is 10.4 Å². The highest BCUT2D eigenvalue weighted by Crippen LogP contribution is 2.30. The number of hydrazone groups is 1. The molecule has 0 unspecified atom stereocenters. The van der Waals surface area contributed by atoms with Crippen LogP contribution in [0.15, 0.2) is 59.7 Å². The molecule has 0 saturated heterocycles. The molecule has 0 atom stereocenters. The molecule has 0 bridgehead atoms. The van der Waals surface area contributed by atoms with E-state index in [4.69, 9.17) is 4.74 Å². The molecule has 0 radical (unpaired) electrons. The first-order valence-corrected chi connectivity index (χ1v) is 8.04. The van der Waals surface area contributed by atoms with Gasteiger partial charge in [-0.15, -0.1) is 11.3 Å². The van der Waals surface area contributed by atoms with Gasteiger partial charge >= 0.3 is 0 Å². The largest absolute Gasteiger partial charge is 0.497 e. The zero-order valence-electron chi connectivity index (χ0n) is 13.0. The number of methoxy groups -OCH3 is 1. The first kappa shape index (κ1) is 15.2. The van der Waals surface area contributed by atoms with Crippen molar-refractivity contribution < 1.29 is 4.74 Å². The Hall–Kier alpha value is -2.66. The lowest BCUT2D eigenvalue weighted by Crippen LogP contribution is -1.91. The van der Waals surface area contributed by atoms with E-state index in [2.05, 4.69) is 34.6 Å². The van der Waals surface area contributed by atoms with Crippen molar-refractivity contribution >= 4 is 22.7 Å².